The van der Waals surface area contributed by atoms with E-state index in [4.69, 9.17) is 0 Å². The van der Waals surface area contributed by atoms with Crippen LogP contribution in [0.2, 0.25) is 0 Å². The number of hydrogen-bond donors (Lipinski definition) is 2. The Balaban J connectivity index is 1.45. The summed E-state index contributed by atoms with van der Waals surface area (Å²) in [5.41, 5.74) is 6.96. The number of phenolic OH excluding ortho intramolecular Hbond substituents is 2. The summed E-state index contributed by atoms with van der Waals surface area (Å²) in [5.74, 6) is 4.93. The van der Waals surface area contributed by atoms with Gasteiger partial charge in [0.05, 0.1) is 0 Å². The Kier molecular flexibility index (Phi) is 5.43. The Morgan fingerprint density at radius 1 is 0.618 bits per heavy atom. The number of phenols is 2. The van der Waals surface area contributed by atoms with Crippen LogP contribution in [0.1, 0.15) is 112 Å². The second kappa shape index (κ2) is 7.77. The summed E-state index contributed by atoms with van der Waals surface area (Å²) in [6.45, 7) is 17.5. The van der Waals surface area contributed by atoms with Gasteiger partial charge >= 0.3 is 0 Å². The molecule has 2 nitrogen and oxygen atoms in total. The van der Waals surface area contributed by atoms with Gasteiger partial charge in [-0.3, -0.25) is 0 Å². The number of benzene rings is 2. The monoisotopic (exact) mass is 460 g/mol. The quantitative estimate of drug-likeness (QED) is 0.474. The molecule has 0 aliphatic heterocycles. The predicted molar refractivity (Wildman–Crippen MR) is 141 cm³/mol. The molecule has 0 saturated heterocycles. The second-order valence-corrected chi connectivity index (χ2v) is 14.0. The molecule has 184 valence electrons. The molecule has 3 fully saturated rings. The lowest BCUT2D eigenvalue weighted by molar-refractivity contribution is 0.229. The van der Waals surface area contributed by atoms with E-state index in [0.717, 1.165) is 23.0 Å². The largest absolute Gasteiger partial charge is 0.507 e. The maximum atomic E-state index is 11.3. The molecule has 0 radical (unpaired) electrons. The van der Waals surface area contributed by atoms with Crippen molar-refractivity contribution in [3.63, 3.8) is 0 Å². The summed E-state index contributed by atoms with van der Waals surface area (Å²) in [7, 11) is 0. The summed E-state index contributed by atoms with van der Waals surface area (Å²) in [6, 6.07) is 8.85. The average molecular weight is 461 g/mol. The first-order valence-corrected chi connectivity index (χ1v) is 13.4. The second-order valence-electron chi connectivity index (χ2n) is 14.0. The molecule has 2 aromatic carbocycles. The highest BCUT2D eigenvalue weighted by Gasteiger charge is 2.57. The van der Waals surface area contributed by atoms with Crippen molar-refractivity contribution in [2.75, 3.05) is 0 Å². The van der Waals surface area contributed by atoms with E-state index in [1.165, 1.54) is 47.9 Å². The summed E-state index contributed by atoms with van der Waals surface area (Å²) >= 11 is 0. The van der Waals surface area contributed by atoms with Crippen molar-refractivity contribution in [1.82, 2.24) is 0 Å². The molecule has 3 saturated carbocycles. The highest BCUT2D eigenvalue weighted by atomic mass is 16.3. The normalized spacial score (nSPS) is 30.7. The van der Waals surface area contributed by atoms with E-state index in [1.54, 1.807) is 0 Å². The molecule has 2 heteroatoms. The number of aromatic hydroxyl groups is 2. The fraction of sp³-hybridized carbons (Fsp3) is 0.625. The SMILES string of the molecule is Cc1cc(C2CC3C4CC(c5cc(C)cc(C(C)(C)C)c5O)C(C4)C3C2)c(O)c(C(C)(C)C)c1. The van der Waals surface area contributed by atoms with Gasteiger partial charge in [0.2, 0.25) is 0 Å². The molecule has 3 aliphatic rings. The molecule has 2 aromatic rings. The van der Waals surface area contributed by atoms with Crippen molar-refractivity contribution in [2.24, 2.45) is 23.7 Å². The molecule has 0 spiro atoms. The Morgan fingerprint density at radius 3 is 1.68 bits per heavy atom. The summed E-state index contributed by atoms with van der Waals surface area (Å²) in [6.07, 6.45) is 4.93. The van der Waals surface area contributed by atoms with Gasteiger partial charge < -0.3 is 10.2 Å². The van der Waals surface area contributed by atoms with Crippen LogP contribution < -0.4 is 0 Å². The third kappa shape index (κ3) is 3.76. The Labute approximate surface area is 206 Å². The topological polar surface area (TPSA) is 40.5 Å². The van der Waals surface area contributed by atoms with E-state index < -0.39 is 0 Å². The number of hydrogen-bond acceptors (Lipinski definition) is 2. The van der Waals surface area contributed by atoms with Crippen LogP contribution in [0.5, 0.6) is 11.5 Å². The van der Waals surface area contributed by atoms with Crippen molar-refractivity contribution in [3.05, 3.63) is 57.6 Å². The van der Waals surface area contributed by atoms with Gasteiger partial charge in [0.15, 0.2) is 0 Å². The van der Waals surface area contributed by atoms with Gasteiger partial charge in [0, 0.05) is 0 Å². The van der Waals surface area contributed by atoms with Gasteiger partial charge in [-0.15, -0.1) is 0 Å². The van der Waals surface area contributed by atoms with Crippen LogP contribution in [0.4, 0.5) is 0 Å². The molecule has 0 amide bonds. The van der Waals surface area contributed by atoms with Crippen molar-refractivity contribution in [3.8, 4) is 11.5 Å². The van der Waals surface area contributed by atoms with Crippen LogP contribution >= 0.6 is 0 Å². The zero-order valence-electron chi connectivity index (χ0n) is 22.5. The highest BCUT2D eigenvalue weighted by molar-refractivity contribution is 5.51. The first-order chi connectivity index (χ1) is 15.8. The van der Waals surface area contributed by atoms with E-state index >= 15 is 0 Å². The molecule has 2 bridgehead atoms. The average Bonchev–Trinajstić information content (AvgIpc) is 3.40. The standard InChI is InChI=1S/C32H44O2/c1-17-9-22(29(33)27(11-17)31(3,4)5)20-13-21-19-14-24(23(21)16-20)25(15-19)26-10-18(2)12-28(30(26)34)32(6,7)8/h9-12,19-21,23-25,33-34H,13-16H2,1-8H3. The summed E-state index contributed by atoms with van der Waals surface area (Å²) in [5, 5.41) is 22.6. The molecule has 0 aromatic heterocycles. The minimum atomic E-state index is -0.0586. The lowest BCUT2D eigenvalue weighted by Crippen LogP contribution is -2.24. The summed E-state index contributed by atoms with van der Waals surface area (Å²) < 4.78 is 0. The molecule has 34 heavy (non-hydrogen) atoms. The Morgan fingerprint density at radius 2 is 1.12 bits per heavy atom. The van der Waals surface area contributed by atoms with Crippen molar-refractivity contribution < 1.29 is 10.2 Å². The first kappa shape index (κ1) is 23.8. The first-order valence-electron chi connectivity index (χ1n) is 13.4. The number of fused-ring (bicyclic) bond motifs is 5. The van der Waals surface area contributed by atoms with Crippen LogP contribution in [-0.2, 0) is 10.8 Å². The molecular formula is C32H44O2. The van der Waals surface area contributed by atoms with Crippen LogP contribution in [0.15, 0.2) is 24.3 Å². The fourth-order valence-corrected chi connectivity index (χ4v) is 8.03. The smallest absolute Gasteiger partial charge is 0.122 e. The maximum Gasteiger partial charge on any atom is 0.122 e. The van der Waals surface area contributed by atoms with Gasteiger partial charge in [-0.1, -0.05) is 76.9 Å². The maximum absolute atomic E-state index is 11.3. The zero-order valence-corrected chi connectivity index (χ0v) is 22.5. The molecular weight excluding hydrogens is 416 g/mol. The van der Waals surface area contributed by atoms with E-state index in [-0.39, 0.29) is 10.8 Å². The van der Waals surface area contributed by atoms with E-state index in [2.05, 4.69) is 79.7 Å². The van der Waals surface area contributed by atoms with Gasteiger partial charge in [-0.05, 0) is 108 Å². The van der Waals surface area contributed by atoms with E-state index in [0.29, 0.717) is 35.2 Å². The number of rotatable bonds is 2. The van der Waals surface area contributed by atoms with E-state index in [1.807, 2.05) is 0 Å². The molecule has 5 rings (SSSR count). The predicted octanol–water partition coefficient (Wildman–Crippen LogP) is 8.24. The molecule has 2 N–H and O–H groups in total. The minimum absolute atomic E-state index is 0.0586. The highest BCUT2D eigenvalue weighted by Crippen LogP contribution is 2.67. The molecule has 6 atom stereocenters. The van der Waals surface area contributed by atoms with Crippen LogP contribution in [-0.4, -0.2) is 10.2 Å². The van der Waals surface area contributed by atoms with Crippen LogP contribution in [0, 0.1) is 37.5 Å². The van der Waals surface area contributed by atoms with Crippen LogP contribution in [0.25, 0.3) is 0 Å². The van der Waals surface area contributed by atoms with Crippen molar-refractivity contribution in [1.29, 1.82) is 0 Å². The van der Waals surface area contributed by atoms with Crippen LogP contribution in [0.3, 0.4) is 0 Å². The number of aryl methyl sites for hydroxylation is 2. The molecule has 3 aliphatic carbocycles. The van der Waals surface area contributed by atoms with Crippen molar-refractivity contribution >= 4 is 0 Å². The Hall–Kier alpha value is -1.96. The zero-order chi connectivity index (χ0) is 24.7. The third-order valence-electron chi connectivity index (χ3n) is 9.49. The lowest BCUT2D eigenvalue weighted by Gasteiger charge is -2.33. The summed E-state index contributed by atoms with van der Waals surface area (Å²) in [4.78, 5) is 0. The van der Waals surface area contributed by atoms with E-state index in [9.17, 15) is 10.2 Å². The lowest BCUT2D eigenvalue weighted by atomic mass is 9.71. The van der Waals surface area contributed by atoms with Gasteiger partial charge in [-0.25, -0.2) is 0 Å². The fourth-order valence-electron chi connectivity index (χ4n) is 8.03. The minimum Gasteiger partial charge on any atom is -0.507 e. The van der Waals surface area contributed by atoms with Gasteiger partial charge in [-0.2, -0.15) is 0 Å². The Bertz CT molecular complexity index is 1110. The third-order valence-corrected chi connectivity index (χ3v) is 9.49. The molecule has 6 unspecified atom stereocenters. The van der Waals surface area contributed by atoms with Gasteiger partial charge in [0.1, 0.15) is 11.5 Å². The van der Waals surface area contributed by atoms with Gasteiger partial charge in [0.25, 0.3) is 0 Å². The molecule has 0 heterocycles. The van der Waals surface area contributed by atoms with Crippen molar-refractivity contribution in [2.45, 2.75) is 104 Å².